The molecular formula is C4H4INO2S. The van der Waals surface area contributed by atoms with Crippen molar-refractivity contribution < 1.29 is 9.53 Å². The maximum absolute atomic E-state index is 10.7. The van der Waals surface area contributed by atoms with Gasteiger partial charge in [0.15, 0.2) is 3.72 Å². The van der Waals surface area contributed by atoms with E-state index in [0.717, 1.165) is 0 Å². The Bertz CT molecular complexity index is 189. The van der Waals surface area contributed by atoms with Crippen LogP contribution in [0.1, 0.15) is 0 Å². The van der Waals surface area contributed by atoms with Crippen LogP contribution in [0.5, 0.6) is 0 Å². The van der Waals surface area contributed by atoms with Gasteiger partial charge in [0.05, 0.1) is 7.11 Å². The summed E-state index contributed by atoms with van der Waals surface area (Å²) >= 11 is 1.08. The summed E-state index contributed by atoms with van der Waals surface area (Å²) in [7, 11) is 1.37. The van der Waals surface area contributed by atoms with Crippen molar-refractivity contribution in [3.05, 3.63) is 0 Å². The summed E-state index contributed by atoms with van der Waals surface area (Å²) in [6.45, 7) is 0. The molecule has 3 nitrogen and oxygen atoms in total. The van der Waals surface area contributed by atoms with Crippen LogP contribution in [-0.2, 0) is 9.53 Å². The largest absolute Gasteiger partial charge is 0.464 e. The number of rotatable bonds is 1. The highest BCUT2D eigenvalue weighted by Gasteiger charge is 2.11. The minimum Gasteiger partial charge on any atom is -0.464 e. The fraction of sp³-hybridized carbons (Fsp3) is 0.250. The first-order valence-electron chi connectivity index (χ1n) is 2.12. The standard InChI is InChI=1S/C4H4INO2S/c1-8-4(7)3-5-2-9-6-3/h2H,1H3. The second kappa shape index (κ2) is 3.31. The van der Waals surface area contributed by atoms with Crippen LogP contribution in [0, 0.1) is 0 Å². The third-order valence-corrected chi connectivity index (χ3v) is 4.18. The van der Waals surface area contributed by atoms with Gasteiger partial charge in [-0.1, -0.05) is 0 Å². The van der Waals surface area contributed by atoms with Gasteiger partial charge < -0.3 is 4.74 Å². The van der Waals surface area contributed by atoms with Crippen molar-refractivity contribution in [3.8, 4) is 0 Å². The maximum Gasteiger partial charge on any atom is 0.363 e. The highest BCUT2D eigenvalue weighted by Crippen LogP contribution is 2.18. The number of hydrogen-bond donors (Lipinski definition) is 0. The highest BCUT2D eigenvalue weighted by atomic mass is 127. The number of carbonyl (C=O) groups excluding carboxylic acids is 1. The van der Waals surface area contributed by atoms with Gasteiger partial charge in [-0.3, -0.25) is 0 Å². The lowest BCUT2D eigenvalue weighted by atomic mass is 10.8. The molecule has 0 aromatic carbocycles. The van der Waals surface area contributed by atoms with Crippen molar-refractivity contribution >= 4 is 45.7 Å². The summed E-state index contributed by atoms with van der Waals surface area (Å²) in [5.41, 5.74) is 0. The number of nitrogens with zero attached hydrogens (tertiary/aromatic N) is 1. The number of ether oxygens (including phenoxy) is 1. The van der Waals surface area contributed by atoms with Gasteiger partial charge in [-0.15, -0.1) is 0 Å². The molecule has 5 heteroatoms. The average Bonchev–Trinajstić information content (AvgIpc) is 2.37. The summed E-state index contributed by atoms with van der Waals surface area (Å²) in [5.74, 6) is -0.274. The number of esters is 1. The molecule has 0 aromatic heterocycles. The van der Waals surface area contributed by atoms with Gasteiger partial charge in [0, 0.05) is 15.3 Å². The Kier molecular flexibility index (Phi) is 2.65. The molecule has 0 saturated carbocycles. The Morgan fingerprint density at radius 2 is 2.78 bits per heavy atom. The summed E-state index contributed by atoms with van der Waals surface area (Å²) in [4.78, 5) is 10.7. The smallest absolute Gasteiger partial charge is 0.363 e. The fourth-order valence-corrected chi connectivity index (χ4v) is 3.25. The Morgan fingerprint density at radius 3 is 3.22 bits per heavy atom. The molecule has 0 atom stereocenters. The SMILES string of the molecule is COC(=O)C1=NSC=I1. The van der Waals surface area contributed by atoms with Crippen LogP contribution in [-0.4, -0.2) is 20.1 Å². The number of hydrogen-bond acceptors (Lipinski definition) is 4. The van der Waals surface area contributed by atoms with Gasteiger partial charge in [-0.25, -0.2) is 4.79 Å². The van der Waals surface area contributed by atoms with Gasteiger partial charge in [-0.2, -0.15) is 4.40 Å². The first kappa shape index (κ1) is 7.20. The van der Waals surface area contributed by atoms with E-state index in [9.17, 15) is 4.79 Å². The second-order valence-electron chi connectivity index (χ2n) is 1.18. The van der Waals surface area contributed by atoms with Crippen LogP contribution >= 0.6 is 32.7 Å². The number of carbonyl (C=O) groups is 1. The molecule has 1 aliphatic rings. The van der Waals surface area contributed by atoms with E-state index >= 15 is 0 Å². The quantitative estimate of drug-likeness (QED) is 0.399. The number of methoxy groups -OCH3 is 1. The fourth-order valence-electron chi connectivity index (χ4n) is 0.314. The minimum absolute atomic E-state index is 0.257. The molecule has 0 saturated heterocycles. The van der Waals surface area contributed by atoms with Crippen molar-refractivity contribution in [2.45, 2.75) is 0 Å². The predicted molar refractivity (Wildman–Crippen MR) is 47.1 cm³/mol. The van der Waals surface area contributed by atoms with Crippen molar-refractivity contribution in [1.29, 1.82) is 0 Å². The van der Waals surface area contributed by atoms with E-state index in [1.807, 2.05) is 3.34 Å². The van der Waals surface area contributed by atoms with Crippen LogP contribution in [0.2, 0.25) is 0 Å². The van der Waals surface area contributed by atoms with Crippen molar-refractivity contribution in [2.24, 2.45) is 4.40 Å². The molecule has 0 aromatic rings. The normalized spacial score (nSPS) is 16.3. The molecular weight excluding hydrogens is 253 g/mol. The van der Waals surface area contributed by atoms with E-state index in [0.29, 0.717) is 3.72 Å². The molecule has 0 amide bonds. The van der Waals surface area contributed by atoms with Crippen LogP contribution in [0.15, 0.2) is 4.40 Å². The van der Waals surface area contributed by atoms with Crippen LogP contribution < -0.4 is 0 Å². The molecule has 0 bridgehead atoms. The van der Waals surface area contributed by atoms with Gasteiger partial charge in [0.25, 0.3) is 0 Å². The summed E-state index contributed by atoms with van der Waals surface area (Å²) in [6.07, 6.45) is 0. The lowest BCUT2D eigenvalue weighted by molar-refractivity contribution is -0.132. The molecule has 0 aliphatic carbocycles. The molecule has 9 heavy (non-hydrogen) atoms. The summed E-state index contributed by atoms with van der Waals surface area (Å²) < 4.78 is 10.9. The lowest BCUT2D eigenvalue weighted by Gasteiger charge is -1.90. The van der Waals surface area contributed by atoms with Crippen LogP contribution in [0.3, 0.4) is 0 Å². The van der Waals surface area contributed by atoms with Gasteiger partial charge in [0.2, 0.25) is 0 Å². The van der Waals surface area contributed by atoms with Crippen molar-refractivity contribution in [1.82, 2.24) is 0 Å². The summed E-state index contributed by atoms with van der Waals surface area (Å²) in [6, 6.07) is 0. The zero-order valence-corrected chi connectivity index (χ0v) is 7.60. The van der Waals surface area contributed by atoms with E-state index in [2.05, 4.69) is 9.13 Å². The van der Waals surface area contributed by atoms with Crippen molar-refractivity contribution in [2.75, 3.05) is 7.11 Å². The van der Waals surface area contributed by atoms with E-state index in [-0.39, 0.29) is 26.7 Å². The van der Waals surface area contributed by atoms with Crippen molar-refractivity contribution in [3.63, 3.8) is 0 Å². The molecule has 0 unspecified atom stereocenters. The Balaban J connectivity index is 2.62. The molecule has 0 spiro atoms. The third-order valence-electron chi connectivity index (χ3n) is 0.674. The van der Waals surface area contributed by atoms with Crippen LogP contribution in [0.25, 0.3) is 0 Å². The molecule has 0 radical (unpaired) electrons. The first-order chi connectivity index (χ1) is 4.34. The second-order valence-corrected chi connectivity index (χ2v) is 4.92. The molecule has 1 rings (SSSR count). The summed E-state index contributed by atoms with van der Waals surface area (Å²) in [5, 5.41) is 0. The van der Waals surface area contributed by atoms with Gasteiger partial charge in [0.1, 0.15) is 0 Å². The molecule has 0 fully saturated rings. The third kappa shape index (κ3) is 1.75. The molecule has 1 heterocycles. The van der Waals surface area contributed by atoms with E-state index < -0.39 is 0 Å². The van der Waals surface area contributed by atoms with Crippen LogP contribution in [0.4, 0.5) is 0 Å². The monoisotopic (exact) mass is 257 g/mol. The Hall–Kier alpha value is 0.0900. The van der Waals surface area contributed by atoms with Gasteiger partial charge in [-0.05, 0) is 20.7 Å². The average molecular weight is 257 g/mol. The zero-order chi connectivity index (χ0) is 6.69. The minimum atomic E-state index is -0.274. The predicted octanol–water partition coefficient (Wildman–Crippen LogP) is 0.950. The highest BCUT2D eigenvalue weighted by molar-refractivity contribution is 14.2. The molecule has 0 N–H and O–H groups in total. The lowest BCUT2D eigenvalue weighted by Crippen LogP contribution is -2.07. The maximum atomic E-state index is 10.7. The van der Waals surface area contributed by atoms with E-state index in [1.54, 1.807) is 0 Å². The first-order valence-corrected chi connectivity index (χ1v) is 5.28. The molecule has 1 aliphatic heterocycles. The number of halogens is 1. The Morgan fingerprint density at radius 1 is 2.00 bits per heavy atom. The zero-order valence-electron chi connectivity index (χ0n) is 4.63. The van der Waals surface area contributed by atoms with E-state index in [4.69, 9.17) is 0 Å². The van der Waals surface area contributed by atoms with Gasteiger partial charge >= 0.3 is 5.97 Å². The Labute approximate surface area is 66.8 Å². The topological polar surface area (TPSA) is 38.7 Å². The van der Waals surface area contributed by atoms with E-state index in [1.165, 1.54) is 19.1 Å². The molecule has 50 valence electrons.